The summed E-state index contributed by atoms with van der Waals surface area (Å²) in [5.74, 6) is 8.02. The molecule has 0 fully saturated rings. The maximum absolute atomic E-state index is 6.52. The Labute approximate surface area is 285 Å². The number of benzene rings is 4. The van der Waals surface area contributed by atoms with Crippen molar-refractivity contribution in [3.63, 3.8) is 0 Å². The van der Waals surface area contributed by atoms with Crippen molar-refractivity contribution in [2.75, 3.05) is 0 Å². The molecular weight excluding hydrogens is 805 g/mol. The molecule has 5 nitrogen and oxygen atoms in total. The molecule has 0 aliphatic carbocycles. The summed E-state index contributed by atoms with van der Waals surface area (Å²) in [6.07, 6.45) is 5.53. The first kappa shape index (κ1) is 31.6. The molecule has 8 rings (SSSR count). The second kappa shape index (κ2) is 13.2. The molecule has 0 unspecified atom stereocenters. The zero-order valence-corrected chi connectivity index (χ0v) is 30.6. The van der Waals surface area contributed by atoms with Crippen LogP contribution >= 0.6 is 0 Å². The molecule has 0 saturated carbocycles. The van der Waals surface area contributed by atoms with Gasteiger partial charge in [0.1, 0.15) is 0 Å². The molecule has 4 aromatic carbocycles. The van der Waals surface area contributed by atoms with Gasteiger partial charge in [0.15, 0.2) is 0 Å². The summed E-state index contributed by atoms with van der Waals surface area (Å²) >= 11 is -1.97. The summed E-state index contributed by atoms with van der Waals surface area (Å²) in [4.78, 5) is 13.7. The standard InChI is InChI=1S/C28H24GeN3O.C11H8N.Ir/c1-18-16-30-17-24-26(18)31-28(32(24)20-9-6-5-7-10-20)23-12-8-11-22-21-14-13-19(29(2,3)4)15-25(21)33-27(22)23;1-2-6-10(7-3-1)11-8-4-5-9-12-11;/h5-11,13-17H,1-4H3;1-6,8-9H;/q2*-1;. The molecule has 0 amide bonds. The molecule has 1 radical (unpaired) electrons. The number of pyridine rings is 2. The van der Waals surface area contributed by atoms with Gasteiger partial charge < -0.3 is 4.98 Å². The molecule has 229 valence electrons. The zero-order chi connectivity index (χ0) is 31.0. The van der Waals surface area contributed by atoms with Gasteiger partial charge in [-0.25, -0.2) is 0 Å². The van der Waals surface area contributed by atoms with Crippen molar-refractivity contribution in [3.05, 3.63) is 139 Å². The predicted octanol–water partition coefficient (Wildman–Crippen LogP) is 9.19. The summed E-state index contributed by atoms with van der Waals surface area (Å²) in [5, 5.41) is 2.23. The number of aryl methyl sites for hydroxylation is 1. The Morgan fingerprint density at radius 1 is 0.783 bits per heavy atom. The number of nitrogens with zero attached hydrogens (tertiary/aromatic N) is 4. The Bertz CT molecular complexity index is 2220. The van der Waals surface area contributed by atoms with Gasteiger partial charge in [0.25, 0.3) is 0 Å². The van der Waals surface area contributed by atoms with Crippen LogP contribution in [0, 0.1) is 19.1 Å². The Morgan fingerprint density at radius 3 is 2.33 bits per heavy atom. The topological polar surface area (TPSA) is 56.7 Å². The van der Waals surface area contributed by atoms with Gasteiger partial charge in [-0.15, -0.1) is 35.9 Å². The predicted molar refractivity (Wildman–Crippen MR) is 187 cm³/mol. The summed E-state index contributed by atoms with van der Waals surface area (Å²) in [6.45, 7) is 2.05. The summed E-state index contributed by atoms with van der Waals surface area (Å²) in [7, 11) is 0. The molecule has 0 atom stereocenters. The van der Waals surface area contributed by atoms with Gasteiger partial charge >= 0.3 is 196 Å². The fourth-order valence-electron chi connectivity index (χ4n) is 5.58. The molecule has 4 aromatic heterocycles. The van der Waals surface area contributed by atoms with Gasteiger partial charge in [0.05, 0.1) is 0 Å². The molecule has 0 spiro atoms. The second-order valence-electron chi connectivity index (χ2n) is 12.1. The molecule has 0 aliphatic heterocycles. The van der Waals surface area contributed by atoms with Crippen molar-refractivity contribution in [1.29, 1.82) is 0 Å². The number of fused-ring (bicyclic) bond motifs is 4. The van der Waals surface area contributed by atoms with Crippen LogP contribution in [-0.4, -0.2) is 32.8 Å². The molecule has 0 saturated heterocycles. The van der Waals surface area contributed by atoms with Gasteiger partial charge in [-0.2, -0.15) is 0 Å². The van der Waals surface area contributed by atoms with Crippen LogP contribution in [0.1, 0.15) is 5.56 Å². The van der Waals surface area contributed by atoms with Crippen LogP contribution in [0.4, 0.5) is 0 Å². The number of imidazole rings is 1. The number of furan rings is 1. The van der Waals surface area contributed by atoms with E-state index in [-0.39, 0.29) is 20.1 Å². The fraction of sp³-hybridized carbons (Fsp3) is 0.103. The number of aromatic nitrogens is 4. The fourth-order valence-corrected chi connectivity index (χ4v) is 7.99. The van der Waals surface area contributed by atoms with E-state index in [2.05, 4.69) is 80.3 Å². The third kappa shape index (κ3) is 6.08. The summed E-state index contributed by atoms with van der Waals surface area (Å²) in [5.41, 5.74) is 8.62. The molecule has 0 bridgehead atoms. The monoisotopic (exact) mass is 839 g/mol. The van der Waals surface area contributed by atoms with Crippen molar-refractivity contribution >= 4 is 50.6 Å². The Balaban J connectivity index is 0.000000241. The number of rotatable bonds is 4. The van der Waals surface area contributed by atoms with E-state index in [0.29, 0.717) is 0 Å². The maximum Gasteiger partial charge on any atom is 0.0160 e. The van der Waals surface area contributed by atoms with E-state index in [0.717, 1.165) is 66.9 Å². The van der Waals surface area contributed by atoms with Gasteiger partial charge in [0.2, 0.25) is 0 Å². The van der Waals surface area contributed by atoms with E-state index < -0.39 is 13.3 Å². The zero-order valence-electron chi connectivity index (χ0n) is 26.1. The van der Waals surface area contributed by atoms with Crippen LogP contribution in [0.3, 0.4) is 0 Å². The normalized spacial score (nSPS) is 11.3. The Hall–Kier alpha value is -4.36. The van der Waals surface area contributed by atoms with E-state index in [1.54, 1.807) is 6.20 Å². The molecule has 46 heavy (non-hydrogen) atoms. The molecule has 0 aliphatic rings. The third-order valence-corrected chi connectivity index (χ3v) is 12.2. The summed E-state index contributed by atoms with van der Waals surface area (Å²) < 4.78 is 10.1. The van der Waals surface area contributed by atoms with Crippen molar-refractivity contribution in [1.82, 2.24) is 19.5 Å². The number of hydrogen-bond donors (Lipinski definition) is 0. The molecule has 7 heteroatoms. The molecular formula is C39H32GeIrN4O-2. The number of para-hydroxylation sites is 1. The van der Waals surface area contributed by atoms with Crippen molar-refractivity contribution in [2.45, 2.75) is 24.2 Å². The van der Waals surface area contributed by atoms with Gasteiger partial charge in [0, 0.05) is 26.3 Å². The average Bonchev–Trinajstić information content (AvgIpc) is 3.65. The largest absolute Gasteiger partial charge is 0.305 e. The minimum atomic E-state index is -1.97. The van der Waals surface area contributed by atoms with Crippen molar-refractivity contribution in [2.24, 2.45) is 0 Å². The molecule has 0 N–H and O–H groups in total. The molecule has 4 heterocycles. The van der Waals surface area contributed by atoms with E-state index in [4.69, 9.17) is 9.40 Å². The van der Waals surface area contributed by atoms with Gasteiger partial charge in [-0.05, 0) is 11.8 Å². The third-order valence-electron chi connectivity index (χ3n) is 7.94. The Morgan fingerprint density at radius 2 is 1.59 bits per heavy atom. The van der Waals surface area contributed by atoms with Crippen LogP contribution in [0.15, 0.2) is 126 Å². The van der Waals surface area contributed by atoms with Crippen molar-refractivity contribution in [3.8, 4) is 28.3 Å². The smallest absolute Gasteiger partial charge is 0.0160 e. The SMILES string of the molecule is Cc1cncc2c1nc(-c1[c-]ccc3c1oc1c[c]([Ge]([CH3])([CH3])[CH3])ccc13)n2-c1ccccc1.[Ir].[c-]1ccccc1-c1ccccn1. The quantitative estimate of drug-likeness (QED) is 0.131. The second-order valence-corrected chi connectivity index (χ2v) is 22.7. The number of hydrogen-bond acceptors (Lipinski definition) is 4. The summed E-state index contributed by atoms with van der Waals surface area (Å²) in [6, 6.07) is 41.3. The first-order chi connectivity index (χ1) is 21.9. The van der Waals surface area contributed by atoms with E-state index >= 15 is 0 Å². The van der Waals surface area contributed by atoms with E-state index in [1.807, 2.05) is 86.0 Å². The minimum absolute atomic E-state index is 0. The van der Waals surface area contributed by atoms with Gasteiger partial charge in [-0.1, -0.05) is 12.1 Å². The Kier molecular flexibility index (Phi) is 9.05. The van der Waals surface area contributed by atoms with Crippen LogP contribution in [0.25, 0.3) is 61.3 Å². The van der Waals surface area contributed by atoms with Gasteiger partial charge in [-0.3, -0.25) is 0 Å². The van der Waals surface area contributed by atoms with Crippen LogP contribution in [-0.2, 0) is 20.1 Å². The van der Waals surface area contributed by atoms with Crippen LogP contribution in [0.2, 0.25) is 17.3 Å². The maximum atomic E-state index is 6.52. The average molecular weight is 838 g/mol. The minimum Gasteiger partial charge on any atom is -0.305 e. The first-order valence-corrected chi connectivity index (χ1v) is 22.4. The van der Waals surface area contributed by atoms with Crippen LogP contribution in [0.5, 0.6) is 0 Å². The molecule has 8 aromatic rings. The van der Waals surface area contributed by atoms with E-state index in [1.165, 1.54) is 4.40 Å². The van der Waals surface area contributed by atoms with E-state index in [9.17, 15) is 0 Å². The first-order valence-electron chi connectivity index (χ1n) is 15.0. The van der Waals surface area contributed by atoms with Crippen LogP contribution < -0.4 is 4.40 Å². The van der Waals surface area contributed by atoms with Crippen molar-refractivity contribution < 1.29 is 24.5 Å².